The van der Waals surface area contributed by atoms with Crippen LogP contribution in [0.15, 0.2) is 53.0 Å². The van der Waals surface area contributed by atoms with Gasteiger partial charge in [-0.3, -0.25) is 0 Å². The zero-order chi connectivity index (χ0) is 14.7. The van der Waals surface area contributed by atoms with Crippen LogP contribution in [0.25, 0.3) is 10.9 Å². The summed E-state index contributed by atoms with van der Waals surface area (Å²) in [6, 6.07) is 17.7. The lowest BCUT2D eigenvalue weighted by molar-refractivity contribution is 1.10. The molecule has 102 valence electrons. The van der Waals surface area contributed by atoms with Gasteiger partial charge in [-0.2, -0.15) is 5.26 Å². The molecule has 0 aliphatic carbocycles. The number of anilines is 2. The van der Waals surface area contributed by atoms with Crippen LogP contribution in [0.4, 0.5) is 11.6 Å². The maximum absolute atomic E-state index is 8.99. The zero-order valence-corrected chi connectivity index (χ0v) is 12.6. The first kappa shape index (κ1) is 13.5. The Hall–Kier alpha value is -2.45. The van der Waals surface area contributed by atoms with E-state index in [2.05, 4.69) is 37.3 Å². The third kappa shape index (κ3) is 3.01. The Morgan fingerprint density at radius 2 is 1.90 bits per heavy atom. The molecule has 0 unspecified atom stereocenters. The van der Waals surface area contributed by atoms with E-state index in [9.17, 15) is 0 Å². The second-order valence-corrected chi connectivity index (χ2v) is 5.40. The van der Waals surface area contributed by atoms with Gasteiger partial charge < -0.3 is 5.32 Å². The topological polar surface area (TPSA) is 61.6 Å². The number of halogens is 1. The van der Waals surface area contributed by atoms with Crippen molar-refractivity contribution in [3.05, 3.63) is 58.7 Å². The second-order valence-electron chi connectivity index (χ2n) is 4.48. The van der Waals surface area contributed by atoms with E-state index in [0.717, 1.165) is 26.8 Å². The predicted molar refractivity (Wildman–Crippen MR) is 86.3 cm³/mol. The Morgan fingerprint density at radius 3 is 2.67 bits per heavy atom. The van der Waals surface area contributed by atoms with E-state index in [-0.39, 0.29) is 6.42 Å². The first-order valence-corrected chi connectivity index (χ1v) is 7.21. The Kier molecular flexibility index (Phi) is 3.80. The molecule has 5 heteroatoms. The summed E-state index contributed by atoms with van der Waals surface area (Å²) in [6.07, 6.45) is 0.249. The molecule has 0 saturated heterocycles. The molecule has 1 heterocycles. The van der Waals surface area contributed by atoms with E-state index in [1.807, 2.05) is 48.5 Å². The van der Waals surface area contributed by atoms with Crippen LogP contribution in [0.1, 0.15) is 5.69 Å². The molecule has 0 aliphatic rings. The minimum Gasteiger partial charge on any atom is -0.324 e. The first-order valence-electron chi connectivity index (χ1n) is 6.41. The molecule has 1 aromatic heterocycles. The van der Waals surface area contributed by atoms with Crippen molar-refractivity contribution in [3.63, 3.8) is 0 Å². The normalized spacial score (nSPS) is 10.3. The highest BCUT2D eigenvalue weighted by molar-refractivity contribution is 9.10. The van der Waals surface area contributed by atoms with Crippen molar-refractivity contribution in [2.24, 2.45) is 0 Å². The minimum absolute atomic E-state index is 0.249. The van der Waals surface area contributed by atoms with Gasteiger partial charge in [0.2, 0.25) is 5.95 Å². The Balaban J connectivity index is 2.08. The Labute approximate surface area is 130 Å². The number of hydrogen-bond donors (Lipinski definition) is 1. The molecular weight excluding hydrogens is 328 g/mol. The fourth-order valence-corrected chi connectivity index (χ4v) is 2.44. The summed E-state index contributed by atoms with van der Waals surface area (Å²) in [5.41, 5.74) is 2.45. The van der Waals surface area contributed by atoms with Crippen LogP contribution >= 0.6 is 15.9 Å². The van der Waals surface area contributed by atoms with Crippen LogP contribution in [0.3, 0.4) is 0 Å². The van der Waals surface area contributed by atoms with Crippen LogP contribution < -0.4 is 5.32 Å². The lowest BCUT2D eigenvalue weighted by Crippen LogP contribution is -2.01. The number of hydrogen-bond acceptors (Lipinski definition) is 4. The zero-order valence-electron chi connectivity index (χ0n) is 11.0. The van der Waals surface area contributed by atoms with E-state index in [4.69, 9.17) is 5.26 Å². The van der Waals surface area contributed by atoms with E-state index in [1.165, 1.54) is 0 Å². The lowest BCUT2D eigenvalue weighted by Gasteiger charge is -2.09. The van der Waals surface area contributed by atoms with Crippen molar-refractivity contribution in [1.29, 1.82) is 5.26 Å². The van der Waals surface area contributed by atoms with Crippen molar-refractivity contribution in [3.8, 4) is 6.07 Å². The van der Waals surface area contributed by atoms with Crippen molar-refractivity contribution in [1.82, 2.24) is 9.97 Å². The summed E-state index contributed by atoms with van der Waals surface area (Å²) in [6.45, 7) is 0. The summed E-state index contributed by atoms with van der Waals surface area (Å²) in [5.74, 6) is 0.501. The van der Waals surface area contributed by atoms with E-state index in [0.29, 0.717) is 5.95 Å². The lowest BCUT2D eigenvalue weighted by atomic mass is 10.1. The molecule has 2 aromatic carbocycles. The van der Waals surface area contributed by atoms with Gasteiger partial charge in [-0.25, -0.2) is 9.97 Å². The van der Waals surface area contributed by atoms with E-state index >= 15 is 0 Å². The summed E-state index contributed by atoms with van der Waals surface area (Å²) in [5, 5.41) is 13.0. The molecular formula is C16H11BrN4. The van der Waals surface area contributed by atoms with Crippen molar-refractivity contribution >= 4 is 38.5 Å². The Bertz CT molecular complexity index is 825. The molecule has 0 fully saturated rings. The number of aromatic nitrogens is 2. The SMILES string of the molecule is N#CCc1nc(Nc2ccccc2)nc2ccc(Br)cc12. The standard InChI is InChI=1S/C16H11BrN4/c17-11-6-7-14-13(10-11)15(8-9-18)21-16(20-14)19-12-4-2-1-3-5-12/h1-7,10H,8H2,(H,19,20,21). The monoisotopic (exact) mass is 338 g/mol. The number of nitrogens with zero attached hydrogens (tertiary/aromatic N) is 3. The molecule has 0 atom stereocenters. The van der Waals surface area contributed by atoms with Gasteiger partial charge in [0.1, 0.15) is 0 Å². The smallest absolute Gasteiger partial charge is 0.228 e. The van der Waals surface area contributed by atoms with Crippen molar-refractivity contribution < 1.29 is 0 Å². The van der Waals surface area contributed by atoms with Crippen molar-refractivity contribution in [2.75, 3.05) is 5.32 Å². The molecule has 21 heavy (non-hydrogen) atoms. The van der Waals surface area contributed by atoms with Crippen LogP contribution in [0, 0.1) is 11.3 Å². The molecule has 0 spiro atoms. The summed E-state index contributed by atoms with van der Waals surface area (Å²) < 4.78 is 0.946. The van der Waals surface area contributed by atoms with Gasteiger partial charge in [0, 0.05) is 15.5 Å². The summed E-state index contributed by atoms with van der Waals surface area (Å²) in [4.78, 5) is 8.96. The van der Waals surface area contributed by atoms with Gasteiger partial charge in [-0.15, -0.1) is 0 Å². The predicted octanol–water partition coefficient (Wildman–Crippen LogP) is 4.20. The molecule has 0 radical (unpaired) electrons. The number of nitriles is 1. The number of rotatable bonds is 3. The van der Waals surface area contributed by atoms with Gasteiger partial charge >= 0.3 is 0 Å². The average Bonchev–Trinajstić information content (AvgIpc) is 2.49. The number of nitrogens with one attached hydrogen (secondary N) is 1. The summed E-state index contributed by atoms with van der Waals surface area (Å²) in [7, 11) is 0. The van der Waals surface area contributed by atoms with E-state index in [1.54, 1.807) is 0 Å². The minimum atomic E-state index is 0.249. The van der Waals surface area contributed by atoms with Crippen molar-refractivity contribution in [2.45, 2.75) is 6.42 Å². The highest BCUT2D eigenvalue weighted by atomic mass is 79.9. The molecule has 4 nitrogen and oxygen atoms in total. The molecule has 0 saturated carbocycles. The highest BCUT2D eigenvalue weighted by Gasteiger charge is 2.08. The van der Waals surface area contributed by atoms with Crippen LogP contribution in [0.5, 0.6) is 0 Å². The van der Waals surface area contributed by atoms with Gasteiger partial charge in [0.25, 0.3) is 0 Å². The second kappa shape index (κ2) is 5.90. The third-order valence-corrected chi connectivity index (χ3v) is 3.51. The molecule has 0 amide bonds. The average molecular weight is 339 g/mol. The van der Waals surface area contributed by atoms with Crippen LogP contribution in [-0.2, 0) is 6.42 Å². The van der Waals surface area contributed by atoms with Crippen LogP contribution in [0.2, 0.25) is 0 Å². The third-order valence-electron chi connectivity index (χ3n) is 3.01. The first-order chi connectivity index (χ1) is 10.3. The molecule has 3 aromatic rings. The molecule has 3 rings (SSSR count). The molecule has 0 aliphatic heterocycles. The van der Waals surface area contributed by atoms with E-state index < -0.39 is 0 Å². The number of para-hydroxylation sites is 1. The maximum Gasteiger partial charge on any atom is 0.228 e. The molecule has 0 bridgehead atoms. The number of benzene rings is 2. The van der Waals surface area contributed by atoms with Gasteiger partial charge in [0.15, 0.2) is 0 Å². The van der Waals surface area contributed by atoms with Gasteiger partial charge in [-0.1, -0.05) is 34.1 Å². The van der Waals surface area contributed by atoms with Gasteiger partial charge in [0.05, 0.1) is 23.7 Å². The summed E-state index contributed by atoms with van der Waals surface area (Å²) >= 11 is 3.44. The molecule has 1 N–H and O–H groups in total. The fourth-order valence-electron chi connectivity index (χ4n) is 2.08. The maximum atomic E-state index is 8.99. The Morgan fingerprint density at radius 1 is 1.10 bits per heavy atom. The van der Waals surface area contributed by atoms with Crippen LogP contribution in [-0.4, -0.2) is 9.97 Å². The fraction of sp³-hybridized carbons (Fsp3) is 0.0625. The highest BCUT2D eigenvalue weighted by Crippen LogP contribution is 2.23. The van der Waals surface area contributed by atoms with Gasteiger partial charge in [-0.05, 0) is 30.3 Å². The quantitative estimate of drug-likeness (QED) is 0.777. The largest absolute Gasteiger partial charge is 0.324 e. The number of fused-ring (bicyclic) bond motifs is 1.